The van der Waals surface area contributed by atoms with Crippen molar-refractivity contribution >= 4 is 5.91 Å². The van der Waals surface area contributed by atoms with Gasteiger partial charge in [0.15, 0.2) is 0 Å². The third-order valence-corrected chi connectivity index (χ3v) is 5.21. The molecule has 2 heterocycles. The number of carbonyl (C=O) groups is 1. The molecular formula is C20H26N2O2. The molecule has 3 rings (SSSR count). The molecule has 0 bridgehead atoms. The topological polar surface area (TPSA) is 43.8 Å². The highest BCUT2D eigenvalue weighted by molar-refractivity contribution is 5.83. The number of aliphatic hydroxyl groups excluding tert-OH is 1. The van der Waals surface area contributed by atoms with Gasteiger partial charge in [-0.2, -0.15) is 0 Å². The Morgan fingerprint density at radius 3 is 2.75 bits per heavy atom. The fourth-order valence-corrected chi connectivity index (χ4v) is 3.91. The van der Waals surface area contributed by atoms with Crippen LogP contribution in [0.4, 0.5) is 0 Å². The summed E-state index contributed by atoms with van der Waals surface area (Å²) in [7, 11) is 1.93. The number of nitrogens with zero attached hydrogens (tertiary/aromatic N) is 2. The summed E-state index contributed by atoms with van der Waals surface area (Å²) >= 11 is 0. The molecule has 0 aliphatic carbocycles. The van der Waals surface area contributed by atoms with E-state index in [9.17, 15) is 4.79 Å². The van der Waals surface area contributed by atoms with Crippen molar-refractivity contribution in [3.8, 4) is 11.8 Å². The summed E-state index contributed by atoms with van der Waals surface area (Å²) in [6, 6.07) is 8.29. The highest BCUT2D eigenvalue weighted by Crippen LogP contribution is 2.40. The molecule has 1 aromatic carbocycles. The van der Waals surface area contributed by atoms with Crippen LogP contribution in [-0.4, -0.2) is 54.1 Å². The predicted octanol–water partition coefficient (Wildman–Crippen LogP) is 1.86. The molecule has 1 N–H and O–H groups in total. The van der Waals surface area contributed by atoms with Gasteiger partial charge < -0.3 is 10.0 Å². The van der Waals surface area contributed by atoms with E-state index in [0.29, 0.717) is 12.3 Å². The predicted molar refractivity (Wildman–Crippen MR) is 94.2 cm³/mol. The third-order valence-electron chi connectivity index (χ3n) is 5.21. The van der Waals surface area contributed by atoms with Crippen LogP contribution in [0, 0.1) is 17.3 Å². The first-order valence-corrected chi connectivity index (χ1v) is 8.80. The highest BCUT2D eigenvalue weighted by Gasteiger charge is 2.47. The molecule has 24 heavy (non-hydrogen) atoms. The van der Waals surface area contributed by atoms with Crippen molar-refractivity contribution in [1.82, 2.24) is 9.80 Å². The Bertz CT molecular complexity index is 644. The molecule has 0 radical (unpaired) electrons. The van der Waals surface area contributed by atoms with E-state index in [1.165, 1.54) is 5.56 Å². The third kappa shape index (κ3) is 3.63. The summed E-state index contributed by atoms with van der Waals surface area (Å²) < 4.78 is 0. The molecule has 0 saturated carbocycles. The molecule has 1 amide bonds. The number of benzene rings is 1. The Morgan fingerprint density at radius 1 is 1.21 bits per heavy atom. The lowest BCUT2D eigenvalue weighted by molar-refractivity contribution is -0.143. The van der Waals surface area contributed by atoms with E-state index in [2.05, 4.69) is 28.9 Å². The van der Waals surface area contributed by atoms with Crippen LogP contribution in [-0.2, 0) is 11.3 Å². The van der Waals surface area contributed by atoms with Crippen LogP contribution in [0.2, 0.25) is 0 Å². The van der Waals surface area contributed by atoms with Gasteiger partial charge in [0.05, 0.1) is 12.0 Å². The minimum atomic E-state index is -0.136. The average molecular weight is 326 g/mol. The van der Waals surface area contributed by atoms with E-state index in [0.717, 1.165) is 51.0 Å². The van der Waals surface area contributed by atoms with Crippen LogP contribution >= 0.6 is 0 Å². The number of hydrogen-bond acceptors (Lipinski definition) is 3. The maximum absolute atomic E-state index is 12.6. The second-order valence-electron chi connectivity index (χ2n) is 7.04. The largest absolute Gasteiger partial charge is 0.395 e. The van der Waals surface area contributed by atoms with Gasteiger partial charge in [0, 0.05) is 38.7 Å². The van der Waals surface area contributed by atoms with E-state index in [-0.39, 0.29) is 12.0 Å². The van der Waals surface area contributed by atoms with Gasteiger partial charge in [0.1, 0.15) is 0 Å². The Labute approximate surface area is 144 Å². The van der Waals surface area contributed by atoms with Crippen molar-refractivity contribution in [1.29, 1.82) is 0 Å². The van der Waals surface area contributed by atoms with E-state index in [4.69, 9.17) is 5.11 Å². The molecule has 1 spiro atoms. The molecule has 128 valence electrons. The number of amides is 1. The standard InChI is InChI=1S/C20H26N2O2/c1-21-12-4-10-20(19(21)24)11-13-22(16-20)15-18-8-6-17(7-9-18)5-2-3-14-23/h6-9,23H,3-4,10-16H2,1H3/t20-/m0/s1. The minimum Gasteiger partial charge on any atom is -0.395 e. The monoisotopic (exact) mass is 326 g/mol. The first-order valence-electron chi connectivity index (χ1n) is 8.80. The van der Waals surface area contributed by atoms with Crippen molar-refractivity contribution in [2.75, 3.05) is 33.3 Å². The molecule has 2 saturated heterocycles. The molecule has 1 atom stereocenters. The first-order chi connectivity index (χ1) is 11.6. The summed E-state index contributed by atoms with van der Waals surface area (Å²) in [6.45, 7) is 3.78. The fraction of sp³-hybridized carbons (Fsp3) is 0.550. The van der Waals surface area contributed by atoms with E-state index >= 15 is 0 Å². The van der Waals surface area contributed by atoms with Crippen molar-refractivity contribution in [3.05, 3.63) is 35.4 Å². The highest BCUT2D eigenvalue weighted by atomic mass is 16.2. The van der Waals surface area contributed by atoms with Gasteiger partial charge in [-0.1, -0.05) is 24.0 Å². The summed E-state index contributed by atoms with van der Waals surface area (Å²) in [5.41, 5.74) is 2.11. The number of carbonyl (C=O) groups excluding carboxylic acids is 1. The van der Waals surface area contributed by atoms with Gasteiger partial charge in [-0.15, -0.1) is 0 Å². The van der Waals surface area contributed by atoms with E-state index < -0.39 is 0 Å². The molecule has 0 unspecified atom stereocenters. The molecule has 2 fully saturated rings. The lowest BCUT2D eigenvalue weighted by atomic mass is 9.78. The van der Waals surface area contributed by atoms with Crippen molar-refractivity contribution in [2.45, 2.75) is 32.2 Å². The number of aliphatic hydroxyl groups is 1. The van der Waals surface area contributed by atoms with Gasteiger partial charge in [-0.25, -0.2) is 0 Å². The van der Waals surface area contributed by atoms with Crippen LogP contribution in [0.5, 0.6) is 0 Å². The zero-order chi connectivity index (χ0) is 17.0. The first kappa shape index (κ1) is 17.0. The maximum Gasteiger partial charge on any atom is 0.229 e. The molecule has 4 nitrogen and oxygen atoms in total. The van der Waals surface area contributed by atoms with Crippen molar-refractivity contribution in [2.24, 2.45) is 5.41 Å². The van der Waals surface area contributed by atoms with Gasteiger partial charge in [-0.05, 0) is 43.5 Å². The minimum absolute atomic E-state index is 0.107. The summed E-state index contributed by atoms with van der Waals surface area (Å²) in [5, 5.41) is 8.75. The quantitative estimate of drug-likeness (QED) is 0.863. The molecule has 2 aliphatic heterocycles. The molecule has 0 aromatic heterocycles. The Balaban J connectivity index is 1.60. The molecule has 4 heteroatoms. The second kappa shape index (κ2) is 7.38. The zero-order valence-electron chi connectivity index (χ0n) is 14.4. The lowest BCUT2D eigenvalue weighted by Crippen LogP contribution is -2.48. The number of piperidine rings is 1. The fourth-order valence-electron chi connectivity index (χ4n) is 3.91. The zero-order valence-corrected chi connectivity index (χ0v) is 14.4. The van der Waals surface area contributed by atoms with Crippen LogP contribution in [0.3, 0.4) is 0 Å². The van der Waals surface area contributed by atoms with Gasteiger partial charge in [0.25, 0.3) is 0 Å². The molecule has 1 aromatic rings. The summed E-state index contributed by atoms with van der Waals surface area (Å²) in [4.78, 5) is 16.9. The molecular weight excluding hydrogens is 300 g/mol. The SMILES string of the molecule is CN1CCC[C@@]2(CCN(Cc3ccc(C#CCCO)cc3)C2)C1=O. The summed E-state index contributed by atoms with van der Waals surface area (Å²) in [6.07, 6.45) is 3.66. The Hall–Kier alpha value is -1.83. The number of rotatable bonds is 3. The summed E-state index contributed by atoms with van der Waals surface area (Å²) in [5.74, 6) is 6.33. The second-order valence-corrected chi connectivity index (χ2v) is 7.04. The number of likely N-dealkylation sites (tertiary alicyclic amines) is 2. The van der Waals surface area contributed by atoms with Crippen LogP contribution < -0.4 is 0 Å². The van der Waals surface area contributed by atoms with Crippen molar-refractivity contribution < 1.29 is 9.90 Å². The average Bonchev–Trinajstić information content (AvgIpc) is 2.98. The molecule has 2 aliphatic rings. The van der Waals surface area contributed by atoms with Gasteiger partial charge in [-0.3, -0.25) is 9.69 Å². The number of hydrogen-bond donors (Lipinski definition) is 1. The van der Waals surface area contributed by atoms with E-state index in [1.54, 1.807) is 0 Å². The van der Waals surface area contributed by atoms with Gasteiger partial charge in [0.2, 0.25) is 5.91 Å². The van der Waals surface area contributed by atoms with Crippen LogP contribution in [0.25, 0.3) is 0 Å². The van der Waals surface area contributed by atoms with Crippen LogP contribution in [0.1, 0.15) is 36.8 Å². The lowest BCUT2D eigenvalue weighted by Gasteiger charge is -2.37. The van der Waals surface area contributed by atoms with Crippen molar-refractivity contribution in [3.63, 3.8) is 0 Å². The smallest absolute Gasteiger partial charge is 0.229 e. The van der Waals surface area contributed by atoms with Gasteiger partial charge >= 0.3 is 0 Å². The maximum atomic E-state index is 12.6. The Kier molecular flexibility index (Phi) is 5.23. The van der Waals surface area contributed by atoms with E-state index in [1.807, 2.05) is 24.1 Å². The normalized spacial score (nSPS) is 24.2. The van der Waals surface area contributed by atoms with Crippen LogP contribution in [0.15, 0.2) is 24.3 Å². The Morgan fingerprint density at radius 2 is 2.00 bits per heavy atom.